The smallest absolute Gasteiger partial charge is 0.409 e. The molecule has 0 unspecified atom stereocenters. The van der Waals surface area contributed by atoms with E-state index in [0.717, 1.165) is 23.1 Å². The third-order valence-corrected chi connectivity index (χ3v) is 7.01. The van der Waals surface area contributed by atoms with Crippen molar-refractivity contribution in [3.05, 3.63) is 28.8 Å². The van der Waals surface area contributed by atoms with E-state index >= 15 is 0 Å². The fraction of sp³-hybridized carbons (Fsp3) is 0.500. The van der Waals surface area contributed by atoms with E-state index in [0.29, 0.717) is 43.0 Å². The number of piperazine rings is 1. The lowest BCUT2D eigenvalue weighted by molar-refractivity contribution is -0.143. The quantitative estimate of drug-likeness (QED) is 0.483. The molecule has 1 aromatic heterocycles. The van der Waals surface area contributed by atoms with Crippen LogP contribution in [0.25, 0.3) is 10.2 Å². The molecule has 0 saturated carbocycles. The summed E-state index contributed by atoms with van der Waals surface area (Å²) in [5.41, 5.74) is 0.570. The third-order valence-electron chi connectivity index (χ3n) is 5.07. The van der Waals surface area contributed by atoms with Crippen molar-refractivity contribution in [3.63, 3.8) is 0 Å². The number of carbonyl (C=O) groups is 4. The van der Waals surface area contributed by atoms with Gasteiger partial charge in [0.25, 0.3) is 5.91 Å². The van der Waals surface area contributed by atoms with Crippen LogP contribution in [0.5, 0.6) is 0 Å². The molecule has 1 aliphatic heterocycles. The summed E-state index contributed by atoms with van der Waals surface area (Å²) in [4.78, 5) is 56.3. The largest absolute Gasteiger partial charge is 0.465 e. The zero-order valence-electron chi connectivity index (χ0n) is 19.5. The maximum Gasteiger partial charge on any atom is 0.409 e. The van der Waals surface area contributed by atoms with E-state index in [1.54, 1.807) is 23.6 Å². The van der Waals surface area contributed by atoms with E-state index in [-0.39, 0.29) is 41.5 Å². The van der Waals surface area contributed by atoms with Crippen LogP contribution < -0.4 is 4.80 Å². The number of benzene rings is 1. The van der Waals surface area contributed by atoms with Gasteiger partial charge in [-0.2, -0.15) is 4.99 Å². The highest BCUT2D eigenvalue weighted by molar-refractivity contribution is 8.00. The molecule has 0 bridgehead atoms. The molecule has 1 saturated heterocycles. The first-order valence-electron chi connectivity index (χ1n) is 11.1. The summed E-state index contributed by atoms with van der Waals surface area (Å²) in [5.74, 6) is -1.45. The van der Waals surface area contributed by atoms with E-state index in [4.69, 9.17) is 9.47 Å². The van der Waals surface area contributed by atoms with Crippen LogP contribution in [0.2, 0.25) is 0 Å². The lowest BCUT2D eigenvalue weighted by Gasteiger charge is -2.34. The number of rotatable bonds is 8. The van der Waals surface area contributed by atoms with Crippen molar-refractivity contribution < 1.29 is 33.0 Å². The number of ether oxygens (including phenoxy) is 2. The molecule has 3 amide bonds. The molecule has 2 heterocycles. The van der Waals surface area contributed by atoms with Gasteiger partial charge < -0.3 is 23.8 Å². The first kappa shape index (κ1) is 26.7. The third kappa shape index (κ3) is 7.28. The minimum atomic E-state index is -0.492. The molecule has 13 heteroatoms. The molecule has 1 aliphatic rings. The minimum Gasteiger partial charge on any atom is -0.465 e. The van der Waals surface area contributed by atoms with Crippen LogP contribution in [0.3, 0.4) is 0 Å². The number of esters is 1. The van der Waals surface area contributed by atoms with Crippen LogP contribution in [0.1, 0.15) is 13.8 Å². The van der Waals surface area contributed by atoms with Gasteiger partial charge in [0.05, 0.1) is 34.9 Å². The van der Waals surface area contributed by atoms with Crippen molar-refractivity contribution in [2.24, 2.45) is 4.99 Å². The van der Waals surface area contributed by atoms with Crippen LogP contribution in [0.15, 0.2) is 23.2 Å². The Morgan fingerprint density at radius 1 is 1.03 bits per heavy atom. The Balaban J connectivity index is 1.59. The minimum absolute atomic E-state index is 0.0312. The van der Waals surface area contributed by atoms with E-state index in [2.05, 4.69) is 4.99 Å². The van der Waals surface area contributed by atoms with Gasteiger partial charge in [0.2, 0.25) is 5.91 Å². The summed E-state index contributed by atoms with van der Waals surface area (Å²) < 4.78 is 25.7. The highest BCUT2D eigenvalue weighted by Crippen LogP contribution is 2.19. The summed E-state index contributed by atoms with van der Waals surface area (Å²) in [6, 6.07) is 4.12. The second kappa shape index (κ2) is 12.7. The zero-order valence-corrected chi connectivity index (χ0v) is 21.2. The first-order chi connectivity index (χ1) is 16.8. The number of aromatic nitrogens is 1. The summed E-state index contributed by atoms with van der Waals surface area (Å²) in [7, 11) is 0. The average Bonchev–Trinajstić information content (AvgIpc) is 3.14. The molecule has 0 N–H and O–H groups in total. The number of carbonyl (C=O) groups excluding carboxylic acids is 4. The van der Waals surface area contributed by atoms with Gasteiger partial charge in [-0.3, -0.25) is 14.4 Å². The predicted octanol–water partition coefficient (Wildman–Crippen LogP) is 1.87. The molecule has 0 radical (unpaired) electrons. The Morgan fingerprint density at radius 3 is 2.40 bits per heavy atom. The van der Waals surface area contributed by atoms with Gasteiger partial charge in [-0.05, 0) is 32.0 Å². The number of thiazole rings is 1. The van der Waals surface area contributed by atoms with Gasteiger partial charge in [0.1, 0.15) is 12.4 Å². The normalized spacial score (nSPS) is 14.3. The van der Waals surface area contributed by atoms with Crippen LogP contribution in [0.4, 0.5) is 9.18 Å². The Hall–Kier alpha value is -2.93. The first-order valence-corrected chi connectivity index (χ1v) is 13.1. The molecule has 0 atom stereocenters. The van der Waals surface area contributed by atoms with Gasteiger partial charge in [0, 0.05) is 26.2 Å². The van der Waals surface area contributed by atoms with Crippen LogP contribution in [0, 0.1) is 5.82 Å². The van der Waals surface area contributed by atoms with Crippen molar-refractivity contribution in [1.29, 1.82) is 0 Å². The number of halogens is 1. The molecular weight excluding hydrogens is 499 g/mol. The topological polar surface area (TPSA) is 111 Å². The fourth-order valence-corrected chi connectivity index (χ4v) is 5.20. The summed E-state index contributed by atoms with van der Waals surface area (Å²) >= 11 is 2.23. The van der Waals surface area contributed by atoms with E-state index < -0.39 is 17.7 Å². The van der Waals surface area contributed by atoms with Crippen LogP contribution in [-0.4, -0.2) is 89.1 Å². The highest BCUT2D eigenvalue weighted by atomic mass is 32.2. The molecule has 1 fully saturated rings. The van der Waals surface area contributed by atoms with Crippen LogP contribution in [-0.2, 0) is 30.4 Å². The van der Waals surface area contributed by atoms with Gasteiger partial charge in [-0.15, -0.1) is 11.8 Å². The number of hydrogen-bond donors (Lipinski definition) is 0. The molecule has 2 aromatic rings. The molecule has 190 valence electrons. The van der Waals surface area contributed by atoms with Crippen molar-refractivity contribution in [2.45, 2.75) is 20.4 Å². The molecule has 3 rings (SSSR count). The Kier molecular flexibility index (Phi) is 9.66. The van der Waals surface area contributed by atoms with Gasteiger partial charge in [-0.25, -0.2) is 9.18 Å². The average molecular weight is 527 g/mol. The number of hydrogen-bond acceptors (Lipinski definition) is 8. The Bertz CT molecular complexity index is 1160. The standard InChI is InChI=1S/C22H27FN4O6S2/c1-3-32-20(30)12-27-16-6-5-15(23)11-17(16)35-21(27)24-18(28)13-34-14-19(29)25-7-9-26(10-8-25)22(31)33-4-2/h5-6,11H,3-4,7-10,12-14H2,1-2H3. The second-order valence-corrected chi connectivity index (χ2v) is 9.45. The molecule has 10 nitrogen and oxygen atoms in total. The second-order valence-electron chi connectivity index (χ2n) is 7.45. The SMILES string of the molecule is CCOC(=O)Cn1c(=NC(=O)CSCC(=O)N2CCN(C(=O)OCC)CC2)sc2cc(F)ccc21. The van der Waals surface area contributed by atoms with Crippen molar-refractivity contribution >= 4 is 57.2 Å². The van der Waals surface area contributed by atoms with Crippen molar-refractivity contribution in [2.75, 3.05) is 50.9 Å². The van der Waals surface area contributed by atoms with Crippen molar-refractivity contribution in [1.82, 2.24) is 14.4 Å². The Morgan fingerprint density at radius 2 is 1.71 bits per heavy atom. The molecule has 0 spiro atoms. The van der Waals surface area contributed by atoms with Gasteiger partial charge in [0.15, 0.2) is 4.80 Å². The number of nitrogens with zero attached hydrogens (tertiary/aromatic N) is 4. The molecule has 1 aromatic carbocycles. The number of amides is 3. The molecular formula is C22H27FN4O6S2. The maximum absolute atomic E-state index is 13.7. The summed E-state index contributed by atoms with van der Waals surface area (Å²) in [5, 5.41) is 0. The lowest BCUT2D eigenvalue weighted by Crippen LogP contribution is -2.51. The fourth-order valence-electron chi connectivity index (χ4n) is 3.43. The van der Waals surface area contributed by atoms with E-state index in [1.165, 1.54) is 22.8 Å². The summed E-state index contributed by atoms with van der Waals surface area (Å²) in [6.07, 6.45) is -0.384. The van der Waals surface area contributed by atoms with Gasteiger partial charge in [-0.1, -0.05) is 11.3 Å². The lowest BCUT2D eigenvalue weighted by atomic mass is 10.3. The van der Waals surface area contributed by atoms with E-state index in [9.17, 15) is 23.6 Å². The predicted molar refractivity (Wildman–Crippen MR) is 129 cm³/mol. The summed E-state index contributed by atoms with van der Waals surface area (Å²) in [6.45, 7) is 5.40. The van der Waals surface area contributed by atoms with Crippen LogP contribution >= 0.6 is 23.1 Å². The molecule has 35 heavy (non-hydrogen) atoms. The number of thioether (sulfide) groups is 1. The number of fused-ring (bicyclic) bond motifs is 1. The van der Waals surface area contributed by atoms with E-state index in [1.807, 2.05) is 0 Å². The maximum atomic E-state index is 13.7. The highest BCUT2D eigenvalue weighted by Gasteiger charge is 2.24. The zero-order chi connectivity index (χ0) is 25.4. The van der Waals surface area contributed by atoms with Gasteiger partial charge >= 0.3 is 12.1 Å². The monoisotopic (exact) mass is 526 g/mol. The Labute approximate surface area is 209 Å². The molecule has 0 aliphatic carbocycles. The van der Waals surface area contributed by atoms with Crippen molar-refractivity contribution in [3.8, 4) is 0 Å².